The van der Waals surface area contributed by atoms with Crippen molar-refractivity contribution in [2.24, 2.45) is 0 Å². The predicted octanol–water partition coefficient (Wildman–Crippen LogP) is 3.00. The van der Waals surface area contributed by atoms with Crippen molar-refractivity contribution >= 4 is 11.6 Å². The third-order valence-corrected chi connectivity index (χ3v) is 2.47. The Labute approximate surface area is 100 Å². The van der Waals surface area contributed by atoms with E-state index in [1.807, 2.05) is 30.3 Å². The lowest BCUT2D eigenvalue weighted by Crippen LogP contribution is -2.13. The van der Waals surface area contributed by atoms with Gasteiger partial charge in [-0.05, 0) is 30.2 Å². The Morgan fingerprint density at radius 2 is 2.12 bits per heavy atom. The van der Waals surface area contributed by atoms with Crippen molar-refractivity contribution < 1.29 is 4.79 Å². The summed E-state index contributed by atoms with van der Waals surface area (Å²) < 4.78 is 0. The molecule has 3 nitrogen and oxygen atoms in total. The highest BCUT2D eigenvalue weighted by atomic mass is 16.1. The topological polar surface area (TPSA) is 44.9 Å². The maximum atomic E-state index is 11.9. The van der Waals surface area contributed by atoms with Gasteiger partial charge in [0.1, 0.15) is 5.69 Å². The van der Waals surface area contributed by atoms with Gasteiger partial charge in [-0.25, -0.2) is 0 Å². The Kier molecular flexibility index (Phi) is 3.40. The number of aromatic amines is 1. The normalized spacial score (nSPS) is 9.88. The van der Waals surface area contributed by atoms with Gasteiger partial charge in [0.25, 0.3) is 5.91 Å². The number of H-pyrrole nitrogens is 1. The van der Waals surface area contributed by atoms with E-state index < -0.39 is 0 Å². The summed E-state index contributed by atoms with van der Waals surface area (Å²) in [5.41, 5.74) is 2.44. The Morgan fingerprint density at radius 3 is 2.82 bits per heavy atom. The van der Waals surface area contributed by atoms with Crippen molar-refractivity contribution in [1.29, 1.82) is 0 Å². The number of hydrogen-bond acceptors (Lipinski definition) is 1. The second-order valence-corrected chi connectivity index (χ2v) is 3.69. The zero-order valence-electron chi connectivity index (χ0n) is 9.44. The Balaban J connectivity index is 2.18. The molecule has 0 bridgehead atoms. The third kappa shape index (κ3) is 2.64. The van der Waals surface area contributed by atoms with E-state index in [9.17, 15) is 4.79 Å². The second kappa shape index (κ2) is 5.16. The van der Waals surface area contributed by atoms with Crippen LogP contribution in [0.3, 0.4) is 0 Å². The van der Waals surface area contributed by atoms with Gasteiger partial charge in [0.2, 0.25) is 0 Å². The number of hydrogen-bond donors (Lipinski definition) is 2. The standard InChI is InChI=1S/C14H14N2O/c1-2-6-11-7-3-4-8-12(11)16-14(17)13-9-5-10-15-13/h2-5,7-10,15H,1,6H2,(H,16,17). The molecule has 3 heteroatoms. The van der Waals surface area contributed by atoms with Crippen molar-refractivity contribution in [3.63, 3.8) is 0 Å². The van der Waals surface area contributed by atoms with Gasteiger partial charge in [-0.2, -0.15) is 0 Å². The minimum absolute atomic E-state index is 0.133. The molecule has 0 aliphatic carbocycles. The minimum Gasteiger partial charge on any atom is -0.357 e. The molecule has 1 aromatic carbocycles. The summed E-state index contributed by atoms with van der Waals surface area (Å²) in [6, 6.07) is 11.3. The molecular formula is C14H14N2O. The molecule has 2 aromatic rings. The van der Waals surface area contributed by atoms with Gasteiger partial charge in [-0.15, -0.1) is 6.58 Å². The van der Waals surface area contributed by atoms with E-state index in [0.29, 0.717) is 5.69 Å². The Bertz CT molecular complexity index is 515. The molecule has 0 saturated carbocycles. The van der Waals surface area contributed by atoms with Crippen molar-refractivity contribution in [2.75, 3.05) is 5.32 Å². The average Bonchev–Trinajstić information content (AvgIpc) is 2.85. The molecule has 0 aliphatic rings. The van der Waals surface area contributed by atoms with Crippen molar-refractivity contribution in [3.8, 4) is 0 Å². The molecule has 17 heavy (non-hydrogen) atoms. The van der Waals surface area contributed by atoms with E-state index in [4.69, 9.17) is 0 Å². The Hall–Kier alpha value is -2.29. The number of rotatable bonds is 4. The molecule has 1 heterocycles. The number of para-hydroxylation sites is 1. The van der Waals surface area contributed by atoms with Crippen LogP contribution in [0.5, 0.6) is 0 Å². The smallest absolute Gasteiger partial charge is 0.272 e. The highest BCUT2D eigenvalue weighted by Crippen LogP contribution is 2.16. The summed E-state index contributed by atoms with van der Waals surface area (Å²) in [5.74, 6) is -0.133. The fourth-order valence-corrected chi connectivity index (χ4v) is 1.64. The minimum atomic E-state index is -0.133. The van der Waals surface area contributed by atoms with Crippen molar-refractivity contribution in [1.82, 2.24) is 4.98 Å². The van der Waals surface area contributed by atoms with Crippen LogP contribution in [0.1, 0.15) is 16.1 Å². The van der Waals surface area contributed by atoms with Gasteiger partial charge in [-0.1, -0.05) is 24.3 Å². The van der Waals surface area contributed by atoms with Gasteiger partial charge in [0.05, 0.1) is 0 Å². The molecule has 1 amide bonds. The van der Waals surface area contributed by atoms with Crippen LogP contribution in [0.4, 0.5) is 5.69 Å². The molecule has 86 valence electrons. The van der Waals surface area contributed by atoms with Crippen LogP contribution >= 0.6 is 0 Å². The third-order valence-electron chi connectivity index (χ3n) is 2.47. The molecule has 0 spiro atoms. The van der Waals surface area contributed by atoms with E-state index >= 15 is 0 Å². The van der Waals surface area contributed by atoms with Crippen LogP contribution in [0.15, 0.2) is 55.3 Å². The highest BCUT2D eigenvalue weighted by Gasteiger charge is 2.08. The highest BCUT2D eigenvalue weighted by molar-refractivity contribution is 6.03. The summed E-state index contributed by atoms with van der Waals surface area (Å²) >= 11 is 0. The van der Waals surface area contributed by atoms with E-state index in [1.54, 1.807) is 18.3 Å². The molecule has 2 N–H and O–H groups in total. The van der Waals surface area contributed by atoms with Crippen LogP contribution in [-0.4, -0.2) is 10.9 Å². The molecule has 1 aromatic heterocycles. The zero-order valence-corrected chi connectivity index (χ0v) is 9.44. The fraction of sp³-hybridized carbons (Fsp3) is 0.0714. The molecule has 0 radical (unpaired) electrons. The van der Waals surface area contributed by atoms with Gasteiger partial charge in [0, 0.05) is 11.9 Å². The quantitative estimate of drug-likeness (QED) is 0.773. The number of allylic oxidation sites excluding steroid dienone is 1. The average molecular weight is 226 g/mol. The Morgan fingerprint density at radius 1 is 1.29 bits per heavy atom. The summed E-state index contributed by atoms with van der Waals surface area (Å²) in [5, 5.41) is 2.88. The lowest BCUT2D eigenvalue weighted by molar-refractivity contribution is 0.102. The van der Waals surface area contributed by atoms with Crippen LogP contribution in [0, 0.1) is 0 Å². The van der Waals surface area contributed by atoms with E-state index in [-0.39, 0.29) is 5.91 Å². The van der Waals surface area contributed by atoms with Gasteiger partial charge >= 0.3 is 0 Å². The number of carbonyl (C=O) groups is 1. The second-order valence-electron chi connectivity index (χ2n) is 3.69. The molecule has 0 aliphatic heterocycles. The summed E-state index contributed by atoms with van der Waals surface area (Å²) in [6.45, 7) is 3.71. The van der Waals surface area contributed by atoms with Crippen LogP contribution in [0.25, 0.3) is 0 Å². The number of anilines is 1. The molecule has 0 saturated heterocycles. The lowest BCUT2D eigenvalue weighted by Gasteiger charge is -2.08. The van der Waals surface area contributed by atoms with Crippen molar-refractivity contribution in [2.45, 2.75) is 6.42 Å². The number of carbonyl (C=O) groups excluding carboxylic acids is 1. The maximum Gasteiger partial charge on any atom is 0.272 e. The first kappa shape index (κ1) is 11.2. The van der Waals surface area contributed by atoms with Gasteiger partial charge in [-0.3, -0.25) is 4.79 Å². The summed E-state index contributed by atoms with van der Waals surface area (Å²) in [7, 11) is 0. The zero-order chi connectivity index (χ0) is 12.1. The number of aromatic nitrogens is 1. The SMILES string of the molecule is C=CCc1ccccc1NC(=O)c1ccc[nH]1. The van der Waals surface area contributed by atoms with E-state index in [0.717, 1.165) is 17.7 Å². The summed E-state index contributed by atoms with van der Waals surface area (Å²) in [4.78, 5) is 14.7. The monoisotopic (exact) mass is 226 g/mol. The number of amides is 1. The fourth-order valence-electron chi connectivity index (χ4n) is 1.64. The first-order chi connectivity index (χ1) is 8.31. The van der Waals surface area contributed by atoms with Crippen LogP contribution in [-0.2, 0) is 6.42 Å². The maximum absolute atomic E-state index is 11.9. The van der Waals surface area contributed by atoms with E-state index in [1.165, 1.54) is 0 Å². The molecule has 0 unspecified atom stereocenters. The van der Waals surface area contributed by atoms with Gasteiger partial charge < -0.3 is 10.3 Å². The first-order valence-corrected chi connectivity index (χ1v) is 5.45. The first-order valence-electron chi connectivity index (χ1n) is 5.45. The number of benzene rings is 1. The van der Waals surface area contributed by atoms with Crippen LogP contribution in [0.2, 0.25) is 0 Å². The predicted molar refractivity (Wildman–Crippen MR) is 69.1 cm³/mol. The van der Waals surface area contributed by atoms with E-state index in [2.05, 4.69) is 16.9 Å². The molecular weight excluding hydrogens is 212 g/mol. The van der Waals surface area contributed by atoms with Crippen molar-refractivity contribution in [3.05, 3.63) is 66.5 Å². The molecule has 0 atom stereocenters. The van der Waals surface area contributed by atoms with Gasteiger partial charge in [0.15, 0.2) is 0 Å². The van der Waals surface area contributed by atoms with Crippen LogP contribution < -0.4 is 5.32 Å². The lowest BCUT2D eigenvalue weighted by atomic mass is 10.1. The molecule has 2 rings (SSSR count). The molecule has 0 fully saturated rings. The summed E-state index contributed by atoms with van der Waals surface area (Å²) in [6.07, 6.45) is 4.28. The largest absolute Gasteiger partial charge is 0.357 e. The number of nitrogens with one attached hydrogen (secondary N) is 2.